The maximum Gasteiger partial charge on any atom is 0.407 e. The third-order valence-corrected chi connectivity index (χ3v) is 1.95. The molecule has 0 saturated carbocycles. The molecule has 1 fully saturated rings. The SMILES string of the molecule is C[C@@H]1CO[C@@H](CO)CN1C(=O)O. The molecule has 0 aromatic rings. The first-order valence-electron chi connectivity index (χ1n) is 3.87. The van der Waals surface area contributed by atoms with E-state index in [9.17, 15) is 4.79 Å². The van der Waals surface area contributed by atoms with Crippen molar-refractivity contribution in [2.24, 2.45) is 0 Å². The van der Waals surface area contributed by atoms with Gasteiger partial charge in [-0.15, -0.1) is 0 Å². The van der Waals surface area contributed by atoms with E-state index in [1.54, 1.807) is 6.92 Å². The van der Waals surface area contributed by atoms with Crippen LogP contribution in [0.15, 0.2) is 0 Å². The van der Waals surface area contributed by atoms with Gasteiger partial charge in [-0.2, -0.15) is 0 Å². The summed E-state index contributed by atoms with van der Waals surface area (Å²) in [7, 11) is 0. The van der Waals surface area contributed by atoms with E-state index in [1.165, 1.54) is 4.90 Å². The quantitative estimate of drug-likeness (QED) is 0.576. The number of carbonyl (C=O) groups is 1. The monoisotopic (exact) mass is 175 g/mol. The summed E-state index contributed by atoms with van der Waals surface area (Å²) >= 11 is 0. The third kappa shape index (κ3) is 1.86. The summed E-state index contributed by atoms with van der Waals surface area (Å²) in [5.74, 6) is 0. The molecule has 0 unspecified atom stereocenters. The smallest absolute Gasteiger partial charge is 0.407 e. The normalized spacial score (nSPS) is 30.3. The van der Waals surface area contributed by atoms with Crippen LogP contribution in [0.4, 0.5) is 4.79 Å². The number of aliphatic hydroxyl groups is 1. The van der Waals surface area contributed by atoms with Crippen molar-refractivity contribution in [3.8, 4) is 0 Å². The van der Waals surface area contributed by atoms with E-state index in [4.69, 9.17) is 14.9 Å². The van der Waals surface area contributed by atoms with E-state index in [0.29, 0.717) is 6.61 Å². The summed E-state index contributed by atoms with van der Waals surface area (Å²) in [6, 6.07) is -0.120. The zero-order valence-corrected chi connectivity index (χ0v) is 6.93. The van der Waals surface area contributed by atoms with E-state index >= 15 is 0 Å². The van der Waals surface area contributed by atoms with Crippen LogP contribution in [0.5, 0.6) is 0 Å². The average Bonchev–Trinajstić information content (AvgIpc) is 2.05. The fourth-order valence-electron chi connectivity index (χ4n) is 1.19. The van der Waals surface area contributed by atoms with Gasteiger partial charge >= 0.3 is 6.09 Å². The molecule has 70 valence electrons. The molecule has 5 nitrogen and oxygen atoms in total. The first kappa shape index (κ1) is 9.28. The van der Waals surface area contributed by atoms with Crippen molar-refractivity contribution in [2.45, 2.75) is 19.1 Å². The van der Waals surface area contributed by atoms with Gasteiger partial charge in [0.05, 0.1) is 31.9 Å². The molecule has 2 N–H and O–H groups in total. The van der Waals surface area contributed by atoms with Gasteiger partial charge in [-0.05, 0) is 6.92 Å². The second-order valence-electron chi connectivity index (χ2n) is 2.92. The standard InChI is InChI=1S/C7H13NO4/c1-5-4-12-6(3-9)2-8(5)7(10)11/h5-6,9H,2-4H2,1H3,(H,10,11)/t5-,6-/m1/s1. The summed E-state index contributed by atoms with van der Waals surface area (Å²) in [5.41, 5.74) is 0. The maximum atomic E-state index is 10.6. The molecule has 1 amide bonds. The minimum atomic E-state index is -0.954. The van der Waals surface area contributed by atoms with Gasteiger partial charge in [-0.25, -0.2) is 4.79 Å². The molecule has 12 heavy (non-hydrogen) atoms. The molecular weight excluding hydrogens is 162 g/mol. The van der Waals surface area contributed by atoms with Gasteiger partial charge in [0.15, 0.2) is 0 Å². The van der Waals surface area contributed by atoms with Crippen LogP contribution in [-0.4, -0.2) is 53.1 Å². The van der Waals surface area contributed by atoms with Crippen molar-refractivity contribution in [3.63, 3.8) is 0 Å². The van der Waals surface area contributed by atoms with E-state index in [0.717, 1.165) is 0 Å². The fraction of sp³-hybridized carbons (Fsp3) is 0.857. The Bertz CT molecular complexity index is 173. The van der Waals surface area contributed by atoms with E-state index in [-0.39, 0.29) is 25.3 Å². The molecule has 1 aliphatic rings. The highest BCUT2D eigenvalue weighted by Crippen LogP contribution is 2.10. The van der Waals surface area contributed by atoms with Crippen LogP contribution in [0.3, 0.4) is 0 Å². The number of ether oxygens (including phenoxy) is 1. The van der Waals surface area contributed by atoms with Crippen LogP contribution in [0.2, 0.25) is 0 Å². The molecule has 0 aromatic heterocycles. The van der Waals surface area contributed by atoms with Crippen molar-refractivity contribution >= 4 is 6.09 Å². The molecule has 0 spiro atoms. The largest absolute Gasteiger partial charge is 0.465 e. The number of carboxylic acid groups (broad SMARTS) is 1. The highest BCUT2D eigenvalue weighted by molar-refractivity contribution is 5.65. The lowest BCUT2D eigenvalue weighted by Gasteiger charge is -2.35. The Balaban J connectivity index is 2.53. The van der Waals surface area contributed by atoms with Crippen LogP contribution in [0.25, 0.3) is 0 Å². The van der Waals surface area contributed by atoms with Crippen LogP contribution >= 0.6 is 0 Å². The molecular formula is C7H13NO4. The van der Waals surface area contributed by atoms with Crippen LogP contribution < -0.4 is 0 Å². The Kier molecular flexibility index (Phi) is 2.88. The Labute approximate surface area is 70.5 Å². The first-order valence-corrected chi connectivity index (χ1v) is 3.87. The predicted octanol–water partition coefficient (Wildman–Crippen LogP) is -0.254. The van der Waals surface area contributed by atoms with Gasteiger partial charge in [0.2, 0.25) is 0 Å². The molecule has 5 heteroatoms. The maximum absolute atomic E-state index is 10.6. The molecule has 1 aliphatic heterocycles. The Morgan fingerprint density at radius 3 is 2.92 bits per heavy atom. The molecule has 1 rings (SSSR count). The van der Waals surface area contributed by atoms with Gasteiger partial charge in [-0.3, -0.25) is 0 Å². The van der Waals surface area contributed by atoms with Gasteiger partial charge in [0, 0.05) is 0 Å². The highest BCUT2D eigenvalue weighted by atomic mass is 16.5. The van der Waals surface area contributed by atoms with Crippen molar-refractivity contribution < 1.29 is 19.7 Å². The van der Waals surface area contributed by atoms with Gasteiger partial charge in [0.1, 0.15) is 0 Å². The number of nitrogens with zero attached hydrogens (tertiary/aromatic N) is 1. The van der Waals surface area contributed by atoms with Crippen LogP contribution in [0, 0.1) is 0 Å². The molecule has 0 radical (unpaired) electrons. The average molecular weight is 175 g/mol. The second kappa shape index (κ2) is 3.73. The van der Waals surface area contributed by atoms with Crippen LogP contribution in [0.1, 0.15) is 6.92 Å². The zero-order valence-electron chi connectivity index (χ0n) is 6.93. The first-order chi connectivity index (χ1) is 5.65. The Hall–Kier alpha value is -0.810. The van der Waals surface area contributed by atoms with Crippen molar-refractivity contribution in [3.05, 3.63) is 0 Å². The molecule has 0 bridgehead atoms. The number of morpholine rings is 1. The predicted molar refractivity (Wildman–Crippen MR) is 41.0 cm³/mol. The molecule has 1 heterocycles. The zero-order chi connectivity index (χ0) is 9.14. The summed E-state index contributed by atoms with van der Waals surface area (Å²) in [4.78, 5) is 11.9. The topological polar surface area (TPSA) is 70.0 Å². The molecule has 0 aliphatic carbocycles. The molecule has 1 saturated heterocycles. The van der Waals surface area contributed by atoms with E-state index < -0.39 is 6.09 Å². The fourth-order valence-corrected chi connectivity index (χ4v) is 1.19. The Morgan fingerprint density at radius 1 is 1.75 bits per heavy atom. The minimum Gasteiger partial charge on any atom is -0.465 e. The van der Waals surface area contributed by atoms with Crippen molar-refractivity contribution in [2.75, 3.05) is 19.8 Å². The second-order valence-corrected chi connectivity index (χ2v) is 2.92. The third-order valence-electron chi connectivity index (χ3n) is 1.95. The van der Waals surface area contributed by atoms with Crippen molar-refractivity contribution in [1.82, 2.24) is 4.90 Å². The molecule has 0 aromatic carbocycles. The van der Waals surface area contributed by atoms with E-state index in [1.807, 2.05) is 0 Å². The number of aliphatic hydroxyl groups excluding tert-OH is 1. The van der Waals surface area contributed by atoms with Gasteiger partial charge in [0.25, 0.3) is 0 Å². The number of hydrogen-bond donors (Lipinski definition) is 2. The summed E-state index contributed by atoms with van der Waals surface area (Å²) in [5, 5.41) is 17.4. The van der Waals surface area contributed by atoms with Gasteiger partial charge < -0.3 is 19.8 Å². The van der Waals surface area contributed by atoms with Crippen molar-refractivity contribution in [1.29, 1.82) is 0 Å². The van der Waals surface area contributed by atoms with Gasteiger partial charge in [-0.1, -0.05) is 0 Å². The summed E-state index contributed by atoms with van der Waals surface area (Å²) in [6.45, 7) is 2.27. The summed E-state index contributed by atoms with van der Waals surface area (Å²) < 4.78 is 5.16. The van der Waals surface area contributed by atoms with E-state index in [2.05, 4.69) is 0 Å². The number of rotatable bonds is 1. The lowest BCUT2D eigenvalue weighted by atomic mass is 10.2. The highest BCUT2D eigenvalue weighted by Gasteiger charge is 2.28. The summed E-state index contributed by atoms with van der Waals surface area (Å²) in [6.07, 6.45) is -1.32. The van der Waals surface area contributed by atoms with Crippen LogP contribution in [-0.2, 0) is 4.74 Å². The minimum absolute atomic E-state index is 0.120. The molecule has 2 atom stereocenters. The Morgan fingerprint density at radius 2 is 2.42 bits per heavy atom. The number of amides is 1. The number of hydrogen-bond acceptors (Lipinski definition) is 3. The lowest BCUT2D eigenvalue weighted by molar-refractivity contribution is -0.0687. The lowest BCUT2D eigenvalue weighted by Crippen LogP contribution is -2.51.